The minimum Gasteiger partial charge on any atom is -0.277 e. The highest BCUT2D eigenvalue weighted by molar-refractivity contribution is 7.99. The van der Waals surface area contributed by atoms with Crippen LogP contribution in [0.5, 0.6) is 0 Å². The SMILES string of the molecule is CCCCCCc1nc(SCCCC#N)c2c(=O)n(C)c(=O)n(CCC)c2n1. The van der Waals surface area contributed by atoms with E-state index in [1.54, 1.807) is 4.57 Å². The lowest BCUT2D eigenvalue weighted by atomic mass is 10.1. The Kier molecular flexibility index (Phi) is 8.71. The molecule has 0 aromatic carbocycles. The summed E-state index contributed by atoms with van der Waals surface area (Å²) in [5.41, 5.74) is -0.249. The number of hydrogen-bond donors (Lipinski definition) is 0. The molecule has 7 nitrogen and oxygen atoms in total. The van der Waals surface area contributed by atoms with Gasteiger partial charge in [-0.1, -0.05) is 33.1 Å². The van der Waals surface area contributed by atoms with Crippen molar-refractivity contribution in [1.82, 2.24) is 19.1 Å². The van der Waals surface area contributed by atoms with Gasteiger partial charge in [0.05, 0.1) is 6.07 Å². The van der Waals surface area contributed by atoms with E-state index in [1.165, 1.54) is 25.2 Å². The monoisotopic (exact) mass is 403 g/mol. The van der Waals surface area contributed by atoms with Gasteiger partial charge >= 0.3 is 5.69 Å². The number of thioether (sulfide) groups is 1. The third-order valence-electron chi connectivity index (χ3n) is 4.57. The zero-order chi connectivity index (χ0) is 20.5. The first-order chi connectivity index (χ1) is 13.5. The molecule has 2 rings (SSSR count). The number of fused-ring (bicyclic) bond motifs is 1. The van der Waals surface area contributed by atoms with Gasteiger partial charge in [0.25, 0.3) is 5.56 Å². The van der Waals surface area contributed by atoms with Crippen LogP contribution in [0.1, 0.15) is 64.6 Å². The van der Waals surface area contributed by atoms with Crippen LogP contribution in [0.25, 0.3) is 11.0 Å². The molecule has 152 valence electrons. The van der Waals surface area contributed by atoms with Crippen LogP contribution in [0.4, 0.5) is 0 Å². The van der Waals surface area contributed by atoms with Crippen LogP contribution in [0.3, 0.4) is 0 Å². The summed E-state index contributed by atoms with van der Waals surface area (Å²) in [7, 11) is 1.50. The molecule has 8 heteroatoms. The zero-order valence-electron chi connectivity index (χ0n) is 17.0. The van der Waals surface area contributed by atoms with E-state index in [2.05, 4.69) is 23.0 Å². The molecule has 0 saturated heterocycles. The first-order valence-corrected chi connectivity index (χ1v) is 11.0. The van der Waals surface area contributed by atoms with Gasteiger partial charge in [0.2, 0.25) is 0 Å². The Morgan fingerprint density at radius 3 is 2.54 bits per heavy atom. The molecule has 0 saturated carbocycles. The summed E-state index contributed by atoms with van der Waals surface area (Å²) in [6.07, 6.45) is 7.13. The van der Waals surface area contributed by atoms with Crippen LogP contribution in [0.15, 0.2) is 14.6 Å². The van der Waals surface area contributed by atoms with Crippen molar-refractivity contribution in [2.45, 2.75) is 76.8 Å². The van der Waals surface area contributed by atoms with Gasteiger partial charge in [-0.15, -0.1) is 11.8 Å². The molecule has 0 aliphatic carbocycles. The highest BCUT2D eigenvalue weighted by atomic mass is 32.2. The Morgan fingerprint density at radius 1 is 1.07 bits per heavy atom. The highest BCUT2D eigenvalue weighted by Gasteiger charge is 2.18. The zero-order valence-corrected chi connectivity index (χ0v) is 17.8. The molecule has 0 unspecified atom stereocenters. The van der Waals surface area contributed by atoms with E-state index in [9.17, 15) is 9.59 Å². The standard InChI is InChI=1S/C20H29N5O2S/c1-4-6-7-8-11-15-22-17-16(18(23-15)28-14-10-9-12-21)19(26)24(3)20(27)25(17)13-5-2/h4-11,13-14H2,1-3H3. The first kappa shape index (κ1) is 22.2. The van der Waals surface area contributed by atoms with Crippen molar-refractivity contribution < 1.29 is 0 Å². The van der Waals surface area contributed by atoms with Gasteiger partial charge < -0.3 is 0 Å². The van der Waals surface area contributed by atoms with Crippen LogP contribution in [-0.2, 0) is 20.0 Å². The Hall–Kier alpha value is -2.14. The molecule has 0 amide bonds. The van der Waals surface area contributed by atoms with Crippen LogP contribution >= 0.6 is 11.8 Å². The van der Waals surface area contributed by atoms with Gasteiger partial charge in [0, 0.05) is 32.2 Å². The fourth-order valence-corrected chi connectivity index (χ4v) is 4.03. The molecule has 0 bridgehead atoms. The third kappa shape index (κ3) is 5.22. The van der Waals surface area contributed by atoms with Crippen LogP contribution in [-0.4, -0.2) is 24.9 Å². The molecule has 2 aromatic heterocycles. The molecule has 0 fully saturated rings. The molecule has 0 spiro atoms. The van der Waals surface area contributed by atoms with Crippen molar-refractivity contribution >= 4 is 22.8 Å². The molecule has 0 aliphatic heterocycles. The fourth-order valence-electron chi connectivity index (χ4n) is 3.05. The molecule has 2 heterocycles. The molecule has 0 radical (unpaired) electrons. The second kappa shape index (κ2) is 11.0. The lowest BCUT2D eigenvalue weighted by Gasteiger charge is -2.14. The largest absolute Gasteiger partial charge is 0.332 e. The van der Waals surface area contributed by atoms with Crippen molar-refractivity contribution in [3.05, 3.63) is 26.7 Å². The number of rotatable bonds is 11. The van der Waals surface area contributed by atoms with Gasteiger partial charge in [0.1, 0.15) is 16.2 Å². The Bertz CT molecular complexity index is 958. The van der Waals surface area contributed by atoms with E-state index >= 15 is 0 Å². The van der Waals surface area contributed by atoms with Crippen molar-refractivity contribution in [2.75, 3.05) is 5.75 Å². The first-order valence-electron chi connectivity index (χ1n) is 10.0. The maximum atomic E-state index is 12.8. The summed E-state index contributed by atoms with van der Waals surface area (Å²) in [6.45, 7) is 4.67. The van der Waals surface area contributed by atoms with E-state index in [1.807, 2.05) is 6.92 Å². The minimum atomic E-state index is -0.354. The lowest BCUT2D eigenvalue weighted by molar-refractivity contribution is 0.602. The summed E-state index contributed by atoms with van der Waals surface area (Å²) < 4.78 is 2.73. The Balaban J connectivity index is 2.56. The number of aromatic nitrogens is 4. The Morgan fingerprint density at radius 2 is 1.86 bits per heavy atom. The molecular formula is C20H29N5O2S. The topological polar surface area (TPSA) is 93.6 Å². The van der Waals surface area contributed by atoms with E-state index in [0.29, 0.717) is 40.6 Å². The number of unbranched alkanes of at least 4 members (excludes halogenated alkanes) is 4. The number of nitrogens with zero attached hydrogens (tertiary/aromatic N) is 5. The summed E-state index contributed by atoms with van der Waals surface area (Å²) in [5, 5.41) is 9.79. The van der Waals surface area contributed by atoms with Crippen molar-refractivity contribution in [3.8, 4) is 6.07 Å². The van der Waals surface area contributed by atoms with Gasteiger partial charge in [-0.25, -0.2) is 14.8 Å². The second-order valence-electron chi connectivity index (χ2n) is 6.86. The predicted octanol–water partition coefficient (Wildman–Crippen LogP) is 3.42. The van der Waals surface area contributed by atoms with Gasteiger partial charge in [-0.3, -0.25) is 13.9 Å². The van der Waals surface area contributed by atoms with E-state index < -0.39 is 0 Å². The number of hydrogen-bond acceptors (Lipinski definition) is 6. The van der Waals surface area contributed by atoms with Crippen LogP contribution in [0.2, 0.25) is 0 Å². The molecule has 0 aliphatic rings. The third-order valence-corrected chi connectivity index (χ3v) is 5.63. The van der Waals surface area contributed by atoms with Crippen LogP contribution in [0, 0.1) is 11.3 Å². The summed E-state index contributed by atoms with van der Waals surface area (Å²) in [4.78, 5) is 34.8. The summed E-state index contributed by atoms with van der Waals surface area (Å²) in [5.74, 6) is 1.38. The molecule has 0 N–H and O–H groups in total. The van der Waals surface area contributed by atoms with E-state index in [4.69, 9.17) is 5.26 Å². The van der Waals surface area contributed by atoms with Gasteiger partial charge in [-0.2, -0.15) is 5.26 Å². The van der Waals surface area contributed by atoms with Gasteiger partial charge in [0.15, 0.2) is 5.65 Å². The van der Waals surface area contributed by atoms with Crippen molar-refractivity contribution in [2.24, 2.45) is 7.05 Å². The fraction of sp³-hybridized carbons (Fsp3) is 0.650. The van der Waals surface area contributed by atoms with E-state index in [0.717, 1.165) is 43.1 Å². The lowest BCUT2D eigenvalue weighted by Crippen LogP contribution is -2.39. The van der Waals surface area contributed by atoms with E-state index in [-0.39, 0.29) is 11.2 Å². The molecule has 0 atom stereocenters. The number of aryl methyl sites for hydroxylation is 2. The van der Waals surface area contributed by atoms with Crippen molar-refractivity contribution in [1.29, 1.82) is 5.26 Å². The predicted molar refractivity (Wildman–Crippen MR) is 113 cm³/mol. The molecular weight excluding hydrogens is 374 g/mol. The van der Waals surface area contributed by atoms with Crippen molar-refractivity contribution in [3.63, 3.8) is 0 Å². The second-order valence-corrected chi connectivity index (χ2v) is 7.95. The normalized spacial score (nSPS) is 11.1. The maximum Gasteiger partial charge on any atom is 0.332 e. The minimum absolute atomic E-state index is 0.338. The smallest absolute Gasteiger partial charge is 0.277 e. The quantitative estimate of drug-likeness (QED) is 0.324. The average Bonchev–Trinajstić information content (AvgIpc) is 2.70. The average molecular weight is 404 g/mol. The molecule has 2 aromatic rings. The Labute approximate surface area is 169 Å². The summed E-state index contributed by atoms with van der Waals surface area (Å²) >= 11 is 1.47. The molecule has 28 heavy (non-hydrogen) atoms. The maximum absolute atomic E-state index is 12.8. The number of nitriles is 1. The summed E-state index contributed by atoms with van der Waals surface area (Å²) in [6, 6.07) is 2.14. The van der Waals surface area contributed by atoms with Crippen LogP contribution < -0.4 is 11.2 Å². The van der Waals surface area contributed by atoms with Gasteiger partial charge in [-0.05, 0) is 19.3 Å². The highest BCUT2D eigenvalue weighted by Crippen LogP contribution is 2.24.